The van der Waals surface area contributed by atoms with Crippen molar-refractivity contribution >= 4 is 9.84 Å². The molecule has 0 amide bonds. The van der Waals surface area contributed by atoms with Crippen molar-refractivity contribution < 1.29 is 13.5 Å². The lowest BCUT2D eigenvalue weighted by atomic mass is 10.1. The number of benzene rings is 1. The summed E-state index contributed by atoms with van der Waals surface area (Å²) in [6.45, 7) is 0. The van der Waals surface area contributed by atoms with Gasteiger partial charge in [-0.05, 0) is 17.7 Å². The number of sulfone groups is 1. The van der Waals surface area contributed by atoms with E-state index in [1.165, 1.54) is 12.1 Å². The minimum atomic E-state index is -3.21. The quantitative estimate of drug-likeness (QED) is 0.896. The number of hydrogen-bond donors (Lipinski definition) is 1. The van der Waals surface area contributed by atoms with Gasteiger partial charge in [-0.3, -0.25) is 0 Å². The Morgan fingerprint density at radius 1 is 1.28 bits per heavy atom. The van der Waals surface area contributed by atoms with Crippen LogP contribution in [0.2, 0.25) is 0 Å². The number of aryl methyl sites for hydroxylation is 1. The lowest BCUT2D eigenvalue weighted by Gasteiger charge is -2.11. The average Bonchev–Trinajstić information content (AvgIpc) is 2.73. The van der Waals surface area contributed by atoms with Crippen LogP contribution in [0.15, 0.2) is 41.6 Å². The monoisotopic (exact) mass is 266 g/mol. The van der Waals surface area contributed by atoms with Crippen molar-refractivity contribution in [3.63, 3.8) is 0 Å². The standard InChI is InChI=1S/C12H14N2O3S/c1-14-8-7-13-12(14)11(15)9-3-5-10(6-4-9)18(2,16)17/h3-8,11,15H,1-2H3. The van der Waals surface area contributed by atoms with Gasteiger partial charge in [-0.1, -0.05) is 12.1 Å². The van der Waals surface area contributed by atoms with E-state index in [0.717, 1.165) is 6.26 Å². The number of aliphatic hydroxyl groups excluding tert-OH is 1. The molecule has 1 aromatic carbocycles. The van der Waals surface area contributed by atoms with Crippen molar-refractivity contribution in [2.75, 3.05) is 6.26 Å². The Kier molecular flexibility index (Phi) is 3.23. The van der Waals surface area contributed by atoms with Crippen LogP contribution in [0.5, 0.6) is 0 Å². The Bertz CT molecular complexity index is 644. The van der Waals surface area contributed by atoms with E-state index < -0.39 is 15.9 Å². The SMILES string of the molecule is Cn1ccnc1C(O)c1ccc(S(C)(=O)=O)cc1. The molecule has 2 aromatic rings. The highest BCUT2D eigenvalue weighted by molar-refractivity contribution is 7.90. The summed E-state index contributed by atoms with van der Waals surface area (Å²) in [4.78, 5) is 4.29. The van der Waals surface area contributed by atoms with E-state index in [2.05, 4.69) is 4.98 Å². The molecule has 0 aliphatic carbocycles. The minimum absolute atomic E-state index is 0.235. The molecule has 1 unspecified atom stereocenters. The molecule has 0 fully saturated rings. The zero-order valence-electron chi connectivity index (χ0n) is 10.1. The lowest BCUT2D eigenvalue weighted by molar-refractivity contribution is 0.206. The summed E-state index contributed by atoms with van der Waals surface area (Å²) in [5.41, 5.74) is 0.608. The van der Waals surface area contributed by atoms with Crippen LogP contribution in [-0.4, -0.2) is 29.3 Å². The van der Waals surface area contributed by atoms with Crippen LogP contribution in [0.25, 0.3) is 0 Å². The summed E-state index contributed by atoms with van der Waals surface area (Å²) in [5.74, 6) is 0.516. The molecule has 1 atom stereocenters. The van der Waals surface area contributed by atoms with Gasteiger partial charge in [-0.15, -0.1) is 0 Å². The Morgan fingerprint density at radius 2 is 1.89 bits per heavy atom. The van der Waals surface area contributed by atoms with Crippen LogP contribution >= 0.6 is 0 Å². The average molecular weight is 266 g/mol. The van der Waals surface area contributed by atoms with E-state index in [9.17, 15) is 13.5 Å². The summed E-state index contributed by atoms with van der Waals surface area (Å²) >= 11 is 0. The fourth-order valence-electron chi connectivity index (χ4n) is 1.69. The van der Waals surface area contributed by atoms with Gasteiger partial charge in [-0.25, -0.2) is 13.4 Å². The molecule has 1 heterocycles. The van der Waals surface area contributed by atoms with E-state index in [1.54, 1.807) is 36.1 Å². The maximum absolute atomic E-state index is 11.3. The van der Waals surface area contributed by atoms with Crippen LogP contribution in [0.1, 0.15) is 17.5 Å². The van der Waals surface area contributed by atoms with Crippen molar-refractivity contribution in [2.45, 2.75) is 11.0 Å². The van der Waals surface area contributed by atoms with Crippen molar-refractivity contribution in [1.82, 2.24) is 9.55 Å². The number of aliphatic hydroxyl groups is 1. The second-order valence-electron chi connectivity index (χ2n) is 4.14. The summed E-state index contributed by atoms with van der Waals surface area (Å²) in [6.07, 6.45) is 3.63. The number of rotatable bonds is 3. The predicted octanol–water partition coefficient (Wildman–Crippen LogP) is 0.905. The lowest BCUT2D eigenvalue weighted by Crippen LogP contribution is -2.07. The molecule has 96 valence electrons. The van der Waals surface area contributed by atoms with Crippen molar-refractivity contribution in [3.8, 4) is 0 Å². The highest BCUT2D eigenvalue weighted by atomic mass is 32.2. The summed E-state index contributed by atoms with van der Waals surface area (Å²) in [5, 5.41) is 10.1. The molecule has 0 aliphatic rings. The first-order valence-electron chi connectivity index (χ1n) is 5.35. The van der Waals surface area contributed by atoms with E-state index in [1.807, 2.05) is 0 Å². The topological polar surface area (TPSA) is 72.2 Å². The molecule has 0 saturated heterocycles. The second-order valence-corrected chi connectivity index (χ2v) is 6.16. The van der Waals surface area contributed by atoms with Crippen molar-refractivity contribution in [3.05, 3.63) is 48.0 Å². The number of imidazole rings is 1. The maximum Gasteiger partial charge on any atom is 0.175 e. The third-order valence-electron chi connectivity index (χ3n) is 2.73. The Morgan fingerprint density at radius 3 is 2.33 bits per heavy atom. The summed E-state index contributed by atoms with van der Waals surface area (Å²) in [7, 11) is -1.42. The van der Waals surface area contributed by atoms with Crippen LogP contribution in [0.4, 0.5) is 0 Å². The van der Waals surface area contributed by atoms with Gasteiger partial charge in [0.25, 0.3) is 0 Å². The van der Waals surface area contributed by atoms with Gasteiger partial charge >= 0.3 is 0 Å². The first-order valence-corrected chi connectivity index (χ1v) is 7.24. The molecule has 0 radical (unpaired) electrons. The molecule has 0 saturated carbocycles. The van der Waals surface area contributed by atoms with Gasteiger partial charge < -0.3 is 9.67 Å². The number of hydrogen-bond acceptors (Lipinski definition) is 4. The van der Waals surface area contributed by atoms with Gasteiger partial charge in [-0.2, -0.15) is 0 Å². The predicted molar refractivity (Wildman–Crippen MR) is 66.8 cm³/mol. The highest BCUT2D eigenvalue weighted by Crippen LogP contribution is 2.21. The normalized spacial score (nSPS) is 13.5. The van der Waals surface area contributed by atoms with Crippen LogP contribution in [-0.2, 0) is 16.9 Å². The van der Waals surface area contributed by atoms with E-state index in [0.29, 0.717) is 11.4 Å². The smallest absolute Gasteiger partial charge is 0.175 e. The molecule has 5 nitrogen and oxygen atoms in total. The fraction of sp³-hybridized carbons (Fsp3) is 0.250. The molecular formula is C12H14N2O3S. The Balaban J connectivity index is 2.33. The summed E-state index contributed by atoms with van der Waals surface area (Å²) < 4.78 is 24.4. The molecule has 6 heteroatoms. The Labute approximate surface area is 106 Å². The molecule has 18 heavy (non-hydrogen) atoms. The molecule has 0 spiro atoms. The molecule has 1 aromatic heterocycles. The van der Waals surface area contributed by atoms with Crippen molar-refractivity contribution in [1.29, 1.82) is 0 Å². The van der Waals surface area contributed by atoms with Gasteiger partial charge in [0, 0.05) is 25.7 Å². The fourth-order valence-corrected chi connectivity index (χ4v) is 2.32. The van der Waals surface area contributed by atoms with Gasteiger partial charge in [0.1, 0.15) is 11.9 Å². The summed E-state index contributed by atoms with van der Waals surface area (Å²) in [6, 6.07) is 6.15. The molecular weight excluding hydrogens is 252 g/mol. The minimum Gasteiger partial charge on any atom is -0.380 e. The van der Waals surface area contributed by atoms with E-state index in [-0.39, 0.29) is 4.90 Å². The molecule has 0 aliphatic heterocycles. The van der Waals surface area contributed by atoms with Gasteiger partial charge in [0.2, 0.25) is 0 Å². The number of nitrogens with zero attached hydrogens (tertiary/aromatic N) is 2. The highest BCUT2D eigenvalue weighted by Gasteiger charge is 2.15. The third kappa shape index (κ3) is 2.44. The zero-order chi connectivity index (χ0) is 13.3. The van der Waals surface area contributed by atoms with E-state index >= 15 is 0 Å². The zero-order valence-corrected chi connectivity index (χ0v) is 10.9. The molecule has 0 bridgehead atoms. The van der Waals surface area contributed by atoms with Crippen molar-refractivity contribution in [2.24, 2.45) is 7.05 Å². The number of aromatic nitrogens is 2. The second kappa shape index (κ2) is 4.55. The van der Waals surface area contributed by atoms with Crippen LogP contribution in [0, 0.1) is 0 Å². The largest absolute Gasteiger partial charge is 0.380 e. The molecule has 2 rings (SSSR count). The molecule has 1 N–H and O–H groups in total. The van der Waals surface area contributed by atoms with Gasteiger partial charge in [0.15, 0.2) is 9.84 Å². The Hall–Kier alpha value is -1.66. The first kappa shape index (κ1) is 12.8. The van der Waals surface area contributed by atoms with Crippen LogP contribution < -0.4 is 0 Å². The van der Waals surface area contributed by atoms with Crippen LogP contribution in [0.3, 0.4) is 0 Å². The van der Waals surface area contributed by atoms with Gasteiger partial charge in [0.05, 0.1) is 4.90 Å². The van der Waals surface area contributed by atoms with E-state index in [4.69, 9.17) is 0 Å². The third-order valence-corrected chi connectivity index (χ3v) is 3.86. The first-order chi connectivity index (χ1) is 8.39. The maximum atomic E-state index is 11.3.